The van der Waals surface area contributed by atoms with Gasteiger partial charge in [-0.05, 0) is 43.2 Å². The smallest absolute Gasteiger partial charge is 0.328 e. The molecule has 7 nitrogen and oxygen atoms in total. The summed E-state index contributed by atoms with van der Waals surface area (Å²) in [5.74, 6) is -1.78. The monoisotopic (exact) mass is 403 g/mol. The van der Waals surface area contributed by atoms with E-state index in [4.69, 9.17) is 17.3 Å². The van der Waals surface area contributed by atoms with Crippen molar-refractivity contribution in [1.82, 2.24) is 4.98 Å². The Morgan fingerprint density at radius 3 is 2.57 bits per heavy atom. The van der Waals surface area contributed by atoms with Crippen molar-refractivity contribution < 1.29 is 19.1 Å². The number of carbonyl (C=O) groups excluding carboxylic acids is 3. The Morgan fingerprint density at radius 2 is 1.96 bits per heavy atom. The van der Waals surface area contributed by atoms with Gasteiger partial charge in [0, 0.05) is 17.9 Å². The van der Waals surface area contributed by atoms with Crippen molar-refractivity contribution in [2.75, 3.05) is 18.6 Å². The van der Waals surface area contributed by atoms with Crippen LogP contribution >= 0.6 is 11.6 Å². The van der Waals surface area contributed by atoms with Crippen LogP contribution in [-0.4, -0.2) is 36.4 Å². The fraction of sp³-hybridized carbons (Fsp3) is 0.300. The van der Waals surface area contributed by atoms with E-state index in [0.29, 0.717) is 29.9 Å². The molecule has 1 heterocycles. The molecule has 0 aliphatic heterocycles. The zero-order valence-corrected chi connectivity index (χ0v) is 16.7. The highest BCUT2D eigenvalue weighted by atomic mass is 35.5. The molecule has 28 heavy (non-hydrogen) atoms. The van der Waals surface area contributed by atoms with E-state index in [-0.39, 0.29) is 11.3 Å². The van der Waals surface area contributed by atoms with E-state index < -0.39 is 23.2 Å². The second-order valence-electron chi connectivity index (χ2n) is 6.15. The number of anilines is 1. The molecule has 2 N–H and O–H groups in total. The Labute approximate surface area is 168 Å². The Hall–Kier alpha value is -2.93. The maximum Gasteiger partial charge on any atom is 0.328 e. The number of rotatable bonds is 7. The van der Waals surface area contributed by atoms with Gasteiger partial charge >= 0.3 is 5.97 Å². The molecule has 1 unspecified atom stereocenters. The van der Waals surface area contributed by atoms with E-state index in [2.05, 4.69) is 9.72 Å². The summed E-state index contributed by atoms with van der Waals surface area (Å²) in [6.45, 7) is 4.02. The van der Waals surface area contributed by atoms with E-state index in [1.54, 1.807) is 37.3 Å². The summed E-state index contributed by atoms with van der Waals surface area (Å²) < 4.78 is 4.67. The molecule has 2 rings (SSSR count). The number of primary amides is 1. The summed E-state index contributed by atoms with van der Waals surface area (Å²) >= 11 is 6.14. The quantitative estimate of drug-likeness (QED) is 0.565. The number of halogens is 1. The number of nitrogens with two attached hydrogens (primary N) is 1. The molecule has 0 radical (unpaired) electrons. The predicted octanol–water partition coefficient (Wildman–Crippen LogP) is 3.00. The number of nitrogens with zero attached hydrogens (tertiary/aromatic N) is 2. The van der Waals surface area contributed by atoms with Crippen molar-refractivity contribution in [2.45, 2.75) is 25.6 Å². The van der Waals surface area contributed by atoms with Crippen LogP contribution in [0, 0.1) is 6.92 Å². The third-order valence-electron chi connectivity index (χ3n) is 4.07. The number of aromatic nitrogens is 1. The average molecular weight is 404 g/mol. The van der Waals surface area contributed by atoms with Gasteiger partial charge in [-0.15, -0.1) is 11.6 Å². The van der Waals surface area contributed by atoms with Crippen molar-refractivity contribution in [3.05, 3.63) is 58.9 Å². The van der Waals surface area contributed by atoms with Crippen LogP contribution in [0.4, 0.5) is 5.69 Å². The van der Waals surface area contributed by atoms with Gasteiger partial charge in [-0.25, -0.2) is 4.98 Å². The molecule has 0 saturated heterocycles. The van der Waals surface area contributed by atoms with Gasteiger partial charge in [-0.1, -0.05) is 19.1 Å². The lowest BCUT2D eigenvalue weighted by molar-refractivity contribution is -0.140. The van der Waals surface area contributed by atoms with Crippen molar-refractivity contribution in [3.63, 3.8) is 0 Å². The van der Waals surface area contributed by atoms with Crippen LogP contribution in [-0.2, 0) is 9.53 Å². The Bertz CT molecular complexity index is 901. The number of aryl methyl sites for hydroxylation is 1. The second-order valence-corrected chi connectivity index (χ2v) is 6.59. The summed E-state index contributed by atoms with van der Waals surface area (Å²) in [6, 6.07) is 9.93. The molecule has 0 fully saturated rings. The molecule has 0 bridgehead atoms. The number of esters is 1. The number of hydrogen-bond acceptors (Lipinski definition) is 5. The molecule has 148 valence electrons. The number of ether oxygens (including phenoxy) is 1. The average Bonchev–Trinajstić information content (AvgIpc) is 2.70. The van der Waals surface area contributed by atoms with Gasteiger partial charge < -0.3 is 15.4 Å². The molecule has 1 aromatic carbocycles. The zero-order chi connectivity index (χ0) is 20.8. The van der Waals surface area contributed by atoms with E-state index in [9.17, 15) is 14.4 Å². The van der Waals surface area contributed by atoms with Gasteiger partial charge in [0.05, 0.1) is 12.7 Å². The predicted molar refractivity (Wildman–Crippen MR) is 107 cm³/mol. The third kappa shape index (κ3) is 4.67. The normalized spacial score (nSPS) is 11.6. The maximum absolute atomic E-state index is 13.2. The zero-order valence-electron chi connectivity index (χ0n) is 15.9. The van der Waals surface area contributed by atoms with Gasteiger partial charge in [0.15, 0.2) is 5.38 Å². The first-order valence-corrected chi connectivity index (χ1v) is 9.15. The lowest BCUT2D eigenvalue weighted by Crippen LogP contribution is -2.34. The topological polar surface area (TPSA) is 103 Å². The summed E-state index contributed by atoms with van der Waals surface area (Å²) in [4.78, 5) is 42.3. The van der Waals surface area contributed by atoms with E-state index >= 15 is 0 Å². The minimum absolute atomic E-state index is 0.0768. The van der Waals surface area contributed by atoms with Crippen molar-refractivity contribution in [1.29, 1.82) is 0 Å². The van der Waals surface area contributed by atoms with Gasteiger partial charge in [0.1, 0.15) is 5.69 Å². The fourth-order valence-electron chi connectivity index (χ4n) is 2.72. The number of methoxy groups -OCH3 is 1. The van der Waals surface area contributed by atoms with Gasteiger partial charge in [-0.2, -0.15) is 0 Å². The molecule has 1 aromatic heterocycles. The number of alkyl halides is 1. The number of pyridine rings is 1. The summed E-state index contributed by atoms with van der Waals surface area (Å²) in [5.41, 5.74) is 7.06. The Morgan fingerprint density at radius 1 is 1.25 bits per heavy atom. The fourth-order valence-corrected chi connectivity index (χ4v) is 2.95. The molecular weight excluding hydrogens is 382 g/mol. The largest absolute Gasteiger partial charge is 0.468 e. The summed E-state index contributed by atoms with van der Waals surface area (Å²) in [6.07, 6.45) is 0.669. The van der Waals surface area contributed by atoms with E-state index in [1.165, 1.54) is 18.1 Å². The van der Waals surface area contributed by atoms with Gasteiger partial charge in [-0.3, -0.25) is 14.4 Å². The van der Waals surface area contributed by atoms with Gasteiger partial charge in [0.25, 0.3) is 11.8 Å². The molecule has 0 aliphatic carbocycles. The van der Waals surface area contributed by atoms with E-state index in [1.807, 2.05) is 6.92 Å². The first-order chi connectivity index (χ1) is 13.3. The van der Waals surface area contributed by atoms with Crippen molar-refractivity contribution in [2.24, 2.45) is 5.73 Å². The van der Waals surface area contributed by atoms with Crippen LogP contribution in [0.5, 0.6) is 0 Å². The number of hydrogen-bond donors (Lipinski definition) is 1. The standard InChI is InChI=1S/C20H22ClN3O4/c1-4-10-24(14-7-5-6-13(11-14)16(21)20(27)28-3)19(26)15-9-8-12(2)23-17(15)18(22)25/h5-9,11,16H,4,10H2,1-3H3,(H2,22,25). The molecular formula is C20H22ClN3O4. The van der Waals surface area contributed by atoms with E-state index in [0.717, 1.165) is 0 Å². The second kappa shape index (κ2) is 9.32. The highest BCUT2D eigenvalue weighted by molar-refractivity contribution is 6.30. The molecule has 0 aliphatic rings. The first kappa shape index (κ1) is 21.4. The molecule has 0 saturated carbocycles. The Kier molecular flexibility index (Phi) is 7.12. The highest BCUT2D eigenvalue weighted by Gasteiger charge is 2.25. The molecule has 8 heteroatoms. The van der Waals surface area contributed by atoms with Crippen LogP contribution in [0.15, 0.2) is 36.4 Å². The maximum atomic E-state index is 13.2. The number of amides is 2. The lowest BCUT2D eigenvalue weighted by Gasteiger charge is -2.24. The summed E-state index contributed by atoms with van der Waals surface area (Å²) in [5, 5.41) is -0.995. The third-order valence-corrected chi connectivity index (χ3v) is 4.50. The van der Waals surface area contributed by atoms with Crippen LogP contribution in [0.3, 0.4) is 0 Å². The van der Waals surface area contributed by atoms with Crippen LogP contribution in [0.1, 0.15) is 50.8 Å². The minimum atomic E-state index is -0.995. The molecule has 1 atom stereocenters. The van der Waals surface area contributed by atoms with Crippen LogP contribution in [0.2, 0.25) is 0 Å². The molecule has 2 amide bonds. The molecule has 0 spiro atoms. The highest BCUT2D eigenvalue weighted by Crippen LogP contribution is 2.27. The number of carbonyl (C=O) groups is 3. The van der Waals surface area contributed by atoms with Crippen LogP contribution < -0.4 is 10.6 Å². The van der Waals surface area contributed by atoms with Crippen LogP contribution in [0.25, 0.3) is 0 Å². The number of benzene rings is 1. The van der Waals surface area contributed by atoms with Crippen molar-refractivity contribution in [3.8, 4) is 0 Å². The SMILES string of the molecule is CCCN(C(=O)c1ccc(C)nc1C(N)=O)c1cccc(C(Cl)C(=O)OC)c1. The first-order valence-electron chi connectivity index (χ1n) is 8.71. The molecule has 2 aromatic rings. The van der Waals surface area contributed by atoms with Crippen molar-refractivity contribution >= 4 is 35.1 Å². The van der Waals surface area contributed by atoms with Gasteiger partial charge in [0.2, 0.25) is 0 Å². The Balaban J connectivity index is 2.48. The summed E-state index contributed by atoms with van der Waals surface area (Å²) in [7, 11) is 1.25. The minimum Gasteiger partial charge on any atom is -0.468 e. The lowest BCUT2D eigenvalue weighted by atomic mass is 10.1.